The van der Waals surface area contributed by atoms with E-state index in [-0.39, 0.29) is 29.4 Å². The maximum Gasteiger partial charge on any atom is 0.227 e. The summed E-state index contributed by atoms with van der Waals surface area (Å²) in [4.78, 5) is 12.3. The molecule has 0 spiro atoms. The Morgan fingerprint density at radius 2 is 2.04 bits per heavy atom. The number of hydrogen-bond donors (Lipinski definition) is 2. The molecule has 1 aromatic rings. The molecule has 4 nitrogen and oxygen atoms in total. The number of amides is 1. The van der Waals surface area contributed by atoms with Crippen LogP contribution in [-0.4, -0.2) is 25.2 Å². The SMILES string of the molecule is C[C@H](Nc1ccc(F)c(NC(=O)C2CCCCC2)c1)[C@H]1CCOC1. The highest BCUT2D eigenvalue weighted by molar-refractivity contribution is 5.93. The van der Waals surface area contributed by atoms with Gasteiger partial charge in [0.15, 0.2) is 0 Å². The lowest BCUT2D eigenvalue weighted by Crippen LogP contribution is -2.27. The summed E-state index contributed by atoms with van der Waals surface area (Å²) in [6, 6.07) is 5.08. The molecule has 2 aliphatic rings. The average Bonchev–Trinajstić information content (AvgIpc) is 3.13. The molecular weight excluding hydrogens is 307 g/mol. The van der Waals surface area contributed by atoms with Crippen LogP contribution in [-0.2, 0) is 9.53 Å². The van der Waals surface area contributed by atoms with E-state index in [1.165, 1.54) is 12.5 Å². The van der Waals surface area contributed by atoms with Gasteiger partial charge in [-0.1, -0.05) is 19.3 Å². The summed E-state index contributed by atoms with van der Waals surface area (Å²) in [5.74, 6) is 0.0456. The molecule has 1 aromatic carbocycles. The minimum Gasteiger partial charge on any atom is -0.382 e. The second-order valence-corrected chi connectivity index (χ2v) is 7.08. The van der Waals surface area contributed by atoms with E-state index >= 15 is 0 Å². The van der Waals surface area contributed by atoms with Crippen molar-refractivity contribution in [3.05, 3.63) is 24.0 Å². The van der Waals surface area contributed by atoms with Gasteiger partial charge in [0, 0.05) is 30.2 Å². The number of carbonyl (C=O) groups excluding carboxylic acids is 1. The molecule has 2 atom stereocenters. The first-order valence-electron chi connectivity index (χ1n) is 9.08. The summed E-state index contributed by atoms with van der Waals surface area (Å²) >= 11 is 0. The van der Waals surface area contributed by atoms with Gasteiger partial charge in [0.1, 0.15) is 5.82 Å². The van der Waals surface area contributed by atoms with E-state index in [1.54, 1.807) is 12.1 Å². The van der Waals surface area contributed by atoms with Gasteiger partial charge in [-0.15, -0.1) is 0 Å². The topological polar surface area (TPSA) is 50.4 Å². The van der Waals surface area contributed by atoms with E-state index in [2.05, 4.69) is 17.6 Å². The van der Waals surface area contributed by atoms with Crippen LogP contribution >= 0.6 is 0 Å². The smallest absolute Gasteiger partial charge is 0.227 e. The Bertz CT molecular complexity index is 566. The van der Waals surface area contributed by atoms with Crippen molar-refractivity contribution in [2.45, 2.75) is 51.5 Å². The zero-order valence-electron chi connectivity index (χ0n) is 14.3. The van der Waals surface area contributed by atoms with Crippen LogP contribution in [0.3, 0.4) is 0 Å². The average molecular weight is 334 g/mol. The Morgan fingerprint density at radius 1 is 1.25 bits per heavy atom. The van der Waals surface area contributed by atoms with Crippen LogP contribution in [0.4, 0.5) is 15.8 Å². The summed E-state index contributed by atoms with van der Waals surface area (Å²) in [5.41, 5.74) is 1.10. The summed E-state index contributed by atoms with van der Waals surface area (Å²) in [6.07, 6.45) is 6.22. The van der Waals surface area contributed by atoms with Gasteiger partial charge < -0.3 is 15.4 Å². The maximum atomic E-state index is 14.1. The third-order valence-electron chi connectivity index (χ3n) is 5.27. The number of halogens is 1. The number of benzene rings is 1. The van der Waals surface area contributed by atoms with Crippen LogP contribution in [0.5, 0.6) is 0 Å². The Balaban J connectivity index is 1.63. The van der Waals surface area contributed by atoms with Gasteiger partial charge in [-0.05, 0) is 44.4 Å². The Kier molecular flexibility index (Phi) is 5.72. The fourth-order valence-corrected chi connectivity index (χ4v) is 3.64. The van der Waals surface area contributed by atoms with Crippen molar-refractivity contribution in [3.8, 4) is 0 Å². The van der Waals surface area contributed by atoms with Crippen molar-refractivity contribution in [1.82, 2.24) is 0 Å². The van der Waals surface area contributed by atoms with Crippen LogP contribution in [0.15, 0.2) is 18.2 Å². The Hall–Kier alpha value is -1.62. The third kappa shape index (κ3) is 4.26. The molecule has 0 aromatic heterocycles. The fourth-order valence-electron chi connectivity index (χ4n) is 3.64. The van der Waals surface area contributed by atoms with Crippen molar-refractivity contribution < 1.29 is 13.9 Å². The first kappa shape index (κ1) is 17.2. The lowest BCUT2D eigenvalue weighted by Gasteiger charge is -2.22. The number of hydrogen-bond acceptors (Lipinski definition) is 3. The van der Waals surface area contributed by atoms with Crippen LogP contribution in [0, 0.1) is 17.7 Å². The molecule has 2 N–H and O–H groups in total. The highest BCUT2D eigenvalue weighted by Gasteiger charge is 2.24. The predicted molar refractivity (Wildman–Crippen MR) is 93.6 cm³/mol. The third-order valence-corrected chi connectivity index (χ3v) is 5.27. The number of anilines is 2. The van der Waals surface area contributed by atoms with Crippen molar-refractivity contribution >= 4 is 17.3 Å². The molecule has 2 fully saturated rings. The number of rotatable bonds is 5. The van der Waals surface area contributed by atoms with E-state index in [0.29, 0.717) is 5.92 Å². The molecule has 0 bridgehead atoms. The molecule has 24 heavy (non-hydrogen) atoms. The number of nitrogens with one attached hydrogen (secondary N) is 2. The van der Waals surface area contributed by atoms with E-state index < -0.39 is 0 Å². The molecule has 1 amide bonds. The maximum absolute atomic E-state index is 14.1. The zero-order chi connectivity index (χ0) is 16.9. The monoisotopic (exact) mass is 334 g/mol. The molecule has 1 saturated heterocycles. The molecular formula is C19H27FN2O2. The second kappa shape index (κ2) is 7.97. The van der Waals surface area contributed by atoms with Crippen LogP contribution in [0.1, 0.15) is 45.4 Å². The lowest BCUT2D eigenvalue weighted by molar-refractivity contribution is -0.120. The second-order valence-electron chi connectivity index (χ2n) is 7.08. The van der Waals surface area contributed by atoms with Gasteiger partial charge in [0.25, 0.3) is 0 Å². The summed E-state index contributed by atoms with van der Waals surface area (Å²) < 4.78 is 19.5. The molecule has 1 aliphatic heterocycles. The largest absolute Gasteiger partial charge is 0.382 e. The van der Waals surface area contributed by atoms with Crippen LogP contribution in [0.2, 0.25) is 0 Å². The molecule has 0 radical (unpaired) electrons. The number of carbonyl (C=O) groups is 1. The van der Waals surface area contributed by atoms with E-state index in [1.807, 2.05) is 0 Å². The minimum atomic E-state index is -0.387. The minimum absolute atomic E-state index is 0.0179. The van der Waals surface area contributed by atoms with Crippen molar-refractivity contribution in [3.63, 3.8) is 0 Å². The fraction of sp³-hybridized carbons (Fsp3) is 0.632. The normalized spacial score (nSPS) is 23.0. The van der Waals surface area contributed by atoms with E-state index in [9.17, 15) is 9.18 Å². The van der Waals surface area contributed by atoms with Crippen LogP contribution < -0.4 is 10.6 Å². The molecule has 1 heterocycles. The van der Waals surface area contributed by atoms with E-state index in [0.717, 1.165) is 51.0 Å². The summed E-state index contributed by atoms with van der Waals surface area (Å²) in [7, 11) is 0. The molecule has 5 heteroatoms. The predicted octanol–water partition coefficient (Wildman–Crippen LogP) is 4.18. The number of ether oxygens (including phenoxy) is 1. The molecule has 1 saturated carbocycles. The van der Waals surface area contributed by atoms with Gasteiger partial charge in [-0.2, -0.15) is 0 Å². The van der Waals surface area contributed by atoms with Gasteiger partial charge >= 0.3 is 0 Å². The quantitative estimate of drug-likeness (QED) is 0.849. The lowest BCUT2D eigenvalue weighted by atomic mass is 9.88. The van der Waals surface area contributed by atoms with Crippen molar-refractivity contribution in [1.29, 1.82) is 0 Å². The Morgan fingerprint density at radius 3 is 2.75 bits per heavy atom. The van der Waals surface area contributed by atoms with Crippen molar-refractivity contribution in [2.75, 3.05) is 23.8 Å². The Labute approximate surface area is 143 Å². The van der Waals surface area contributed by atoms with Crippen molar-refractivity contribution in [2.24, 2.45) is 11.8 Å². The first-order chi connectivity index (χ1) is 11.6. The first-order valence-corrected chi connectivity index (χ1v) is 9.08. The van der Waals surface area contributed by atoms with Gasteiger partial charge in [-0.25, -0.2) is 4.39 Å². The summed E-state index contributed by atoms with van der Waals surface area (Å²) in [6.45, 7) is 3.69. The van der Waals surface area contributed by atoms with Gasteiger partial charge in [0.2, 0.25) is 5.91 Å². The molecule has 132 valence electrons. The van der Waals surface area contributed by atoms with Crippen LogP contribution in [0.25, 0.3) is 0 Å². The molecule has 1 aliphatic carbocycles. The standard InChI is InChI=1S/C19H27FN2O2/c1-13(15-9-10-24-12-15)21-16-7-8-17(20)18(11-16)22-19(23)14-5-3-2-4-6-14/h7-8,11,13-15,21H,2-6,9-10,12H2,1H3,(H,22,23)/t13-,15-/m0/s1. The molecule has 3 rings (SSSR count). The van der Waals surface area contributed by atoms with Gasteiger partial charge in [0.05, 0.1) is 12.3 Å². The summed E-state index contributed by atoms with van der Waals surface area (Å²) in [5, 5.41) is 6.19. The zero-order valence-corrected chi connectivity index (χ0v) is 14.3. The van der Waals surface area contributed by atoms with Gasteiger partial charge in [-0.3, -0.25) is 4.79 Å². The highest BCUT2D eigenvalue weighted by atomic mass is 19.1. The highest BCUT2D eigenvalue weighted by Crippen LogP contribution is 2.27. The molecule has 0 unspecified atom stereocenters. The van der Waals surface area contributed by atoms with E-state index in [4.69, 9.17) is 4.74 Å².